The fourth-order valence-electron chi connectivity index (χ4n) is 3.30. The molecule has 2 aromatic carbocycles. The molecule has 1 N–H and O–H groups in total. The third kappa shape index (κ3) is 5.11. The monoisotopic (exact) mass is 443 g/mol. The molecule has 3 aromatic rings. The molecule has 8 nitrogen and oxygen atoms in total. The largest absolute Gasteiger partial charge is 0.452 e. The molecule has 0 aliphatic rings. The van der Waals surface area contributed by atoms with Crippen LogP contribution < -0.4 is 4.72 Å². The molecule has 0 saturated carbocycles. The Morgan fingerprint density at radius 3 is 2.39 bits per heavy atom. The number of carbonyl (C=O) groups excluding carboxylic acids is 1. The minimum absolute atomic E-state index is 0.0806. The number of esters is 1. The van der Waals surface area contributed by atoms with E-state index >= 15 is 0 Å². The zero-order valence-electron chi connectivity index (χ0n) is 18.1. The number of sulfonamides is 1. The quantitative estimate of drug-likeness (QED) is 0.543. The molecule has 0 fully saturated rings. The predicted octanol–water partition coefficient (Wildman–Crippen LogP) is 4.28. The van der Waals surface area contributed by atoms with E-state index in [0.717, 1.165) is 5.56 Å². The molecule has 0 amide bonds. The van der Waals surface area contributed by atoms with Crippen LogP contribution in [0.25, 0.3) is 0 Å². The van der Waals surface area contributed by atoms with Gasteiger partial charge in [-0.05, 0) is 44.0 Å². The molecule has 31 heavy (non-hydrogen) atoms. The molecule has 164 valence electrons. The Balaban J connectivity index is 1.82. The first kappa shape index (κ1) is 22.5. The van der Waals surface area contributed by atoms with Crippen LogP contribution in [0, 0.1) is 20.8 Å². The van der Waals surface area contributed by atoms with Gasteiger partial charge in [0, 0.05) is 5.92 Å². The van der Waals surface area contributed by atoms with E-state index in [9.17, 15) is 13.2 Å². The van der Waals surface area contributed by atoms with Crippen molar-refractivity contribution in [2.24, 2.45) is 0 Å². The van der Waals surface area contributed by atoms with Gasteiger partial charge in [-0.3, -0.25) is 4.72 Å². The fourth-order valence-corrected chi connectivity index (χ4v) is 4.84. The molecular weight excluding hydrogens is 418 g/mol. The number of ether oxygens (including phenoxy) is 1. The van der Waals surface area contributed by atoms with Gasteiger partial charge < -0.3 is 9.26 Å². The van der Waals surface area contributed by atoms with Crippen LogP contribution in [-0.2, 0) is 21.4 Å². The van der Waals surface area contributed by atoms with E-state index in [2.05, 4.69) is 14.9 Å². The summed E-state index contributed by atoms with van der Waals surface area (Å²) in [5.74, 6) is 0.0565. The summed E-state index contributed by atoms with van der Waals surface area (Å²) >= 11 is 0. The molecule has 0 saturated heterocycles. The van der Waals surface area contributed by atoms with Gasteiger partial charge in [0.05, 0.1) is 16.1 Å². The van der Waals surface area contributed by atoms with Crippen molar-refractivity contribution >= 4 is 21.7 Å². The number of para-hydroxylation sites is 1. The second-order valence-corrected chi connectivity index (χ2v) is 9.28. The summed E-state index contributed by atoms with van der Waals surface area (Å²) in [5, 5.41) is 3.82. The molecule has 0 aliphatic heterocycles. The van der Waals surface area contributed by atoms with Gasteiger partial charge in [-0.1, -0.05) is 48.8 Å². The number of anilines is 1. The molecule has 0 aliphatic carbocycles. The Morgan fingerprint density at radius 2 is 1.77 bits per heavy atom. The second kappa shape index (κ2) is 8.89. The lowest BCUT2D eigenvalue weighted by Gasteiger charge is -2.15. The Hall–Kier alpha value is -3.20. The first-order valence-corrected chi connectivity index (χ1v) is 11.3. The number of aromatic nitrogens is 2. The van der Waals surface area contributed by atoms with Gasteiger partial charge in [-0.15, -0.1) is 0 Å². The van der Waals surface area contributed by atoms with Crippen molar-refractivity contribution in [3.8, 4) is 0 Å². The lowest BCUT2D eigenvalue weighted by molar-refractivity contribution is 0.0431. The van der Waals surface area contributed by atoms with Crippen LogP contribution in [0.2, 0.25) is 0 Å². The van der Waals surface area contributed by atoms with E-state index in [-0.39, 0.29) is 34.6 Å². The molecule has 1 aromatic heterocycles. The average Bonchev–Trinajstić information content (AvgIpc) is 3.14. The van der Waals surface area contributed by atoms with Crippen LogP contribution in [0.4, 0.5) is 5.69 Å². The molecule has 0 radical (unpaired) electrons. The van der Waals surface area contributed by atoms with E-state index in [1.54, 1.807) is 38.1 Å². The Bertz CT molecular complexity index is 1190. The van der Waals surface area contributed by atoms with Crippen LogP contribution >= 0.6 is 0 Å². The predicted molar refractivity (Wildman–Crippen MR) is 115 cm³/mol. The standard InChI is InChI=1S/C22H25N3O5S/c1-13(2)21-23-19(30-24-21)12-29-22(26)17-8-6-7-9-18(17)25-31(27,28)20-15(4)10-14(3)11-16(20)5/h6-11,13,25H,12H2,1-5H3. The van der Waals surface area contributed by atoms with Gasteiger partial charge in [-0.2, -0.15) is 4.98 Å². The van der Waals surface area contributed by atoms with E-state index < -0.39 is 16.0 Å². The van der Waals surface area contributed by atoms with Crippen LogP contribution in [0.3, 0.4) is 0 Å². The van der Waals surface area contributed by atoms with Crippen molar-refractivity contribution in [3.05, 3.63) is 70.4 Å². The van der Waals surface area contributed by atoms with E-state index in [0.29, 0.717) is 17.0 Å². The van der Waals surface area contributed by atoms with Crippen LogP contribution in [0.1, 0.15) is 58.5 Å². The minimum Gasteiger partial charge on any atom is -0.452 e. The van der Waals surface area contributed by atoms with Gasteiger partial charge in [0.15, 0.2) is 12.4 Å². The van der Waals surface area contributed by atoms with Crippen LogP contribution in [-0.4, -0.2) is 24.5 Å². The summed E-state index contributed by atoms with van der Waals surface area (Å²) in [5.41, 5.74) is 2.43. The fraction of sp³-hybridized carbons (Fsp3) is 0.318. The topological polar surface area (TPSA) is 111 Å². The molecule has 0 spiro atoms. The van der Waals surface area contributed by atoms with E-state index in [1.165, 1.54) is 12.1 Å². The number of rotatable bonds is 7. The molecule has 0 bridgehead atoms. The highest BCUT2D eigenvalue weighted by Gasteiger charge is 2.23. The molecular formula is C22H25N3O5S. The summed E-state index contributed by atoms with van der Waals surface area (Å²) in [6.07, 6.45) is 0. The number of aryl methyl sites for hydroxylation is 3. The number of hydrogen-bond acceptors (Lipinski definition) is 7. The van der Waals surface area contributed by atoms with Crippen molar-refractivity contribution in [1.29, 1.82) is 0 Å². The van der Waals surface area contributed by atoms with Gasteiger partial charge in [-0.25, -0.2) is 13.2 Å². The lowest BCUT2D eigenvalue weighted by Crippen LogP contribution is -2.18. The zero-order chi connectivity index (χ0) is 22.8. The van der Waals surface area contributed by atoms with E-state index in [4.69, 9.17) is 9.26 Å². The summed E-state index contributed by atoms with van der Waals surface area (Å²) < 4.78 is 39.0. The number of carbonyl (C=O) groups is 1. The highest BCUT2D eigenvalue weighted by atomic mass is 32.2. The number of nitrogens with zero attached hydrogens (tertiary/aromatic N) is 2. The highest BCUT2D eigenvalue weighted by molar-refractivity contribution is 7.92. The maximum atomic E-state index is 13.1. The number of benzene rings is 2. The maximum Gasteiger partial charge on any atom is 0.340 e. The summed E-state index contributed by atoms with van der Waals surface area (Å²) in [4.78, 5) is 17.0. The Labute approximate surface area is 181 Å². The van der Waals surface area contributed by atoms with Crippen LogP contribution in [0.5, 0.6) is 0 Å². The molecule has 0 unspecified atom stereocenters. The zero-order valence-corrected chi connectivity index (χ0v) is 18.9. The van der Waals surface area contributed by atoms with E-state index in [1.807, 2.05) is 20.8 Å². The summed E-state index contributed by atoms with van der Waals surface area (Å²) in [7, 11) is -3.92. The minimum atomic E-state index is -3.92. The first-order chi connectivity index (χ1) is 14.6. The van der Waals surface area contributed by atoms with Crippen molar-refractivity contribution < 1.29 is 22.5 Å². The normalized spacial score (nSPS) is 11.5. The maximum absolute atomic E-state index is 13.1. The molecule has 1 heterocycles. The lowest BCUT2D eigenvalue weighted by atomic mass is 10.1. The molecule has 3 rings (SSSR count). The number of hydrogen-bond donors (Lipinski definition) is 1. The highest BCUT2D eigenvalue weighted by Crippen LogP contribution is 2.26. The third-order valence-corrected chi connectivity index (χ3v) is 6.26. The SMILES string of the molecule is Cc1cc(C)c(S(=O)(=O)Nc2ccccc2C(=O)OCc2nc(C(C)C)no2)c(C)c1. The van der Waals surface area contributed by atoms with Crippen molar-refractivity contribution in [2.75, 3.05) is 4.72 Å². The van der Waals surface area contributed by atoms with Crippen LogP contribution in [0.15, 0.2) is 45.8 Å². The number of nitrogens with one attached hydrogen (secondary N) is 1. The van der Waals surface area contributed by atoms with Gasteiger partial charge >= 0.3 is 5.97 Å². The summed E-state index contributed by atoms with van der Waals surface area (Å²) in [6, 6.07) is 9.87. The Morgan fingerprint density at radius 1 is 1.13 bits per heavy atom. The summed E-state index contributed by atoms with van der Waals surface area (Å²) in [6.45, 7) is 9.01. The smallest absolute Gasteiger partial charge is 0.340 e. The second-order valence-electron chi connectivity index (χ2n) is 7.66. The van der Waals surface area contributed by atoms with Gasteiger partial charge in [0.25, 0.3) is 15.9 Å². The molecule has 0 atom stereocenters. The van der Waals surface area contributed by atoms with Crippen molar-refractivity contribution in [3.63, 3.8) is 0 Å². The van der Waals surface area contributed by atoms with Crippen molar-refractivity contribution in [2.45, 2.75) is 52.0 Å². The Kier molecular flexibility index (Phi) is 6.45. The average molecular weight is 444 g/mol. The van der Waals surface area contributed by atoms with Gasteiger partial charge in [0.2, 0.25) is 0 Å². The third-order valence-electron chi connectivity index (χ3n) is 4.59. The van der Waals surface area contributed by atoms with Crippen molar-refractivity contribution in [1.82, 2.24) is 10.1 Å². The first-order valence-electron chi connectivity index (χ1n) is 9.78. The molecule has 9 heteroatoms. The van der Waals surface area contributed by atoms with Gasteiger partial charge in [0.1, 0.15) is 0 Å².